The van der Waals surface area contributed by atoms with Crippen LogP contribution in [0.3, 0.4) is 0 Å². The Labute approximate surface area is 125 Å². The minimum Gasteiger partial charge on any atom is -0.476 e. The van der Waals surface area contributed by atoms with E-state index in [0.717, 1.165) is 11.6 Å². The second kappa shape index (κ2) is 7.19. The third kappa shape index (κ3) is 4.42. The van der Waals surface area contributed by atoms with Crippen LogP contribution in [0.15, 0.2) is 45.9 Å². The van der Waals surface area contributed by atoms with E-state index < -0.39 is 17.6 Å². The molecule has 0 aliphatic rings. The number of nitrogens with two attached hydrogens (primary N) is 1. The zero-order valence-electron chi connectivity index (χ0n) is 11.1. The molecule has 1 aromatic carbocycles. The van der Waals surface area contributed by atoms with Gasteiger partial charge in [-0.05, 0) is 30.5 Å². The molecule has 0 saturated heterocycles. The van der Waals surface area contributed by atoms with Crippen molar-refractivity contribution in [2.45, 2.75) is 6.92 Å². The smallest absolute Gasteiger partial charge is 0.356 e. The number of rotatable bonds is 5. The summed E-state index contributed by atoms with van der Waals surface area (Å²) in [6, 6.07) is 6.89. The number of carboxylic acid groups (broad SMARTS) is 1. The number of amides is 1. The van der Waals surface area contributed by atoms with E-state index in [9.17, 15) is 14.7 Å². The highest BCUT2D eigenvalue weighted by Crippen LogP contribution is 2.20. The highest BCUT2D eigenvalue weighted by atomic mass is 35.5. The van der Waals surface area contributed by atoms with Crippen LogP contribution in [0, 0.1) is 12.3 Å². The molecule has 0 aliphatic heterocycles. The number of halogens is 1. The molecular weight excluding hydrogens is 294 g/mol. The Balaban J connectivity index is 3.35. The largest absolute Gasteiger partial charge is 0.476 e. The number of hydrogen-bond acceptors (Lipinski definition) is 4. The van der Waals surface area contributed by atoms with E-state index in [0.29, 0.717) is 5.69 Å². The van der Waals surface area contributed by atoms with Gasteiger partial charge in [0, 0.05) is 0 Å². The molecule has 0 bridgehead atoms. The fraction of sp³-hybridized carbons (Fsp3) is 0.0714. The fourth-order valence-corrected chi connectivity index (χ4v) is 1.61. The number of hydrogen-bond donors (Lipinski definition) is 3. The minimum absolute atomic E-state index is 0.320. The van der Waals surface area contributed by atoms with Gasteiger partial charge in [-0.2, -0.15) is 0 Å². The van der Waals surface area contributed by atoms with Crippen molar-refractivity contribution in [2.24, 2.45) is 10.7 Å². The van der Waals surface area contributed by atoms with E-state index in [1.165, 1.54) is 0 Å². The highest BCUT2D eigenvalue weighted by molar-refractivity contribution is 6.58. The molecule has 0 aromatic heterocycles. The molecule has 0 aliphatic carbocycles. The molecule has 0 saturated carbocycles. The average Bonchev–Trinajstić information content (AvgIpc) is 2.42. The van der Waals surface area contributed by atoms with Crippen molar-refractivity contribution in [3.8, 4) is 0 Å². The van der Waals surface area contributed by atoms with E-state index in [1.807, 2.05) is 0 Å². The normalized spacial score (nSPS) is 11.7. The first-order valence-electron chi connectivity index (χ1n) is 5.71. The van der Waals surface area contributed by atoms with Crippen molar-refractivity contribution in [3.05, 3.63) is 46.5 Å². The van der Waals surface area contributed by atoms with Gasteiger partial charge < -0.3 is 10.8 Å². The number of carbonyl (C=O) groups excluding carboxylic acids is 1. The Kier molecular flexibility index (Phi) is 5.60. The van der Waals surface area contributed by atoms with Gasteiger partial charge >= 0.3 is 5.97 Å². The Morgan fingerprint density at radius 2 is 2.05 bits per heavy atom. The lowest BCUT2D eigenvalue weighted by Crippen LogP contribution is -2.16. The van der Waals surface area contributed by atoms with Gasteiger partial charge in [-0.3, -0.25) is 10.2 Å². The van der Waals surface area contributed by atoms with Crippen LogP contribution in [-0.2, 0) is 9.59 Å². The second-order valence-electron chi connectivity index (χ2n) is 3.95. The van der Waals surface area contributed by atoms with Crippen LogP contribution in [-0.4, -0.2) is 28.6 Å². The molecule has 7 heteroatoms. The summed E-state index contributed by atoms with van der Waals surface area (Å²) in [5, 5.41) is 15.8. The van der Waals surface area contributed by atoms with Crippen LogP contribution in [0.5, 0.6) is 0 Å². The van der Waals surface area contributed by atoms with Crippen molar-refractivity contribution in [1.29, 1.82) is 5.41 Å². The number of aliphatic carboxylic acids is 1. The number of nitrogens with one attached hydrogen (secondary N) is 1. The second-order valence-corrected chi connectivity index (χ2v) is 4.35. The standard InChI is InChI=1S/C14H12ClN3O3/c1-8-4-2-3-5-11(8)18-12(14(20)21)10(15)6-9(7-16)13(17)19/h2-6,16H,1H3,(H2,17,19)(H,20,21)/b10-6-,18-12?. The summed E-state index contributed by atoms with van der Waals surface area (Å²) < 4.78 is 0. The SMILES string of the molecule is Cc1ccccc1N=C(C(=O)O)/C(Cl)=C/C(=C=N)C(N)=O. The molecule has 6 nitrogen and oxygen atoms in total. The maximum Gasteiger partial charge on any atom is 0.356 e. The summed E-state index contributed by atoms with van der Waals surface area (Å²) in [7, 11) is 0. The summed E-state index contributed by atoms with van der Waals surface area (Å²) in [5.41, 5.74) is 5.39. The molecule has 0 atom stereocenters. The molecule has 1 aromatic rings. The third-order valence-electron chi connectivity index (χ3n) is 2.45. The van der Waals surface area contributed by atoms with E-state index in [2.05, 4.69) is 4.99 Å². The van der Waals surface area contributed by atoms with Crippen molar-refractivity contribution in [3.63, 3.8) is 0 Å². The molecule has 4 N–H and O–H groups in total. The Bertz CT molecular complexity index is 701. The number of nitrogens with zero attached hydrogens (tertiary/aromatic N) is 1. The summed E-state index contributed by atoms with van der Waals surface area (Å²) in [4.78, 5) is 26.2. The Hall–Kier alpha value is -2.69. The van der Waals surface area contributed by atoms with Gasteiger partial charge in [0.2, 0.25) is 0 Å². The molecule has 1 rings (SSSR count). The lowest BCUT2D eigenvalue weighted by Gasteiger charge is -2.03. The van der Waals surface area contributed by atoms with Gasteiger partial charge in [-0.25, -0.2) is 9.79 Å². The van der Waals surface area contributed by atoms with Gasteiger partial charge in [0.15, 0.2) is 5.71 Å². The molecule has 108 valence electrons. The maximum atomic E-state index is 11.2. The average molecular weight is 306 g/mol. The van der Waals surface area contributed by atoms with Crippen LogP contribution >= 0.6 is 11.6 Å². The molecule has 0 unspecified atom stereocenters. The first kappa shape index (κ1) is 16.4. The Morgan fingerprint density at radius 3 is 2.52 bits per heavy atom. The zero-order chi connectivity index (χ0) is 16.0. The lowest BCUT2D eigenvalue weighted by molar-refractivity contribution is -0.129. The monoisotopic (exact) mass is 305 g/mol. The molecule has 21 heavy (non-hydrogen) atoms. The lowest BCUT2D eigenvalue weighted by atomic mass is 10.2. The molecular formula is C14H12ClN3O3. The maximum absolute atomic E-state index is 11.2. The number of aliphatic imine (C=N–C) groups is 1. The van der Waals surface area contributed by atoms with Crippen LogP contribution in [0.2, 0.25) is 0 Å². The summed E-state index contributed by atoms with van der Waals surface area (Å²) in [6.07, 6.45) is 0.947. The van der Waals surface area contributed by atoms with Crippen molar-refractivity contribution >= 4 is 40.7 Å². The predicted octanol–water partition coefficient (Wildman–Crippen LogP) is 1.93. The quantitative estimate of drug-likeness (QED) is 0.438. The van der Waals surface area contributed by atoms with E-state index in [1.54, 1.807) is 37.1 Å². The number of primary amides is 1. The fourth-order valence-electron chi connectivity index (χ4n) is 1.38. The number of benzene rings is 1. The summed E-state index contributed by atoms with van der Waals surface area (Å²) in [6.45, 7) is 1.77. The first-order chi connectivity index (χ1) is 9.86. The van der Waals surface area contributed by atoms with Gasteiger partial charge in [0.25, 0.3) is 5.91 Å². The van der Waals surface area contributed by atoms with Crippen molar-refractivity contribution < 1.29 is 14.7 Å². The van der Waals surface area contributed by atoms with Crippen LogP contribution in [0.25, 0.3) is 0 Å². The minimum atomic E-state index is -1.37. The number of aryl methyl sites for hydroxylation is 1. The van der Waals surface area contributed by atoms with Gasteiger partial charge in [-0.15, -0.1) is 0 Å². The van der Waals surface area contributed by atoms with Gasteiger partial charge in [0.1, 0.15) is 5.57 Å². The molecule has 0 radical (unpaired) electrons. The van der Waals surface area contributed by atoms with Crippen molar-refractivity contribution in [1.82, 2.24) is 0 Å². The number of carboxylic acids is 1. The third-order valence-corrected chi connectivity index (χ3v) is 2.74. The predicted molar refractivity (Wildman–Crippen MR) is 80.3 cm³/mol. The summed E-state index contributed by atoms with van der Waals surface area (Å²) >= 11 is 5.86. The van der Waals surface area contributed by atoms with Crippen molar-refractivity contribution in [2.75, 3.05) is 0 Å². The van der Waals surface area contributed by atoms with Crippen LogP contribution < -0.4 is 5.73 Å². The number of para-hydroxylation sites is 1. The van der Waals surface area contributed by atoms with Gasteiger partial charge in [-0.1, -0.05) is 29.8 Å². The topological polar surface area (TPSA) is 117 Å². The van der Waals surface area contributed by atoms with E-state index in [-0.39, 0.29) is 10.6 Å². The molecule has 0 heterocycles. The Morgan fingerprint density at radius 1 is 1.43 bits per heavy atom. The van der Waals surface area contributed by atoms with Gasteiger partial charge in [0.05, 0.1) is 10.7 Å². The number of carbonyl (C=O) groups is 2. The van der Waals surface area contributed by atoms with E-state index >= 15 is 0 Å². The molecule has 0 spiro atoms. The van der Waals surface area contributed by atoms with Crippen LogP contribution in [0.4, 0.5) is 5.69 Å². The molecule has 0 fully saturated rings. The zero-order valence-corrected chi connectivity index (χ0v) is 11.8. The van der Waals surface area contributed by atoms with Crippen LogP contribution in [0.1, 0.15) is 5.56 Å². The summed E-state index contributed by atoms with van der Waals surface area (Å²) in [5.74, 6) is -0.523. The first-order valence-corrected chi connectivity index (χ1v) is 6.09. The molecule has 1 amide bonds. The highest BCUT2D eigenvalue weighted by Gasteiger charge is 2.16. The van der Waals surface area contributed by atoms with E-state index in [4.69, 9.17) is 22.7 Å².